The molecule has 2 rings (SSSR count). The van der Waals surface area contributed by atoms with Crippen LogP contribution in [0.2, 0.25) is 0 Å². The van der Waals surface area contributed by atoms with Crippen LogP contribution in [0.1, 0.15) is 46.5 Å². The summed E-state index contributed by atoms with van der Waals surface area (Å²) in [6, 6.07) is 1.55. The molecule has 1 saturated carbocycles. The maximum absolute atomic E-state index is 5.80. The van der Waals surface area contributed by atoms with Gasteiger partial charge in [-0.15, -0.1) is 0 Å². The lowest BCUT2D eigenvalue weighted by atomic mass is 10.0. The minimum Gasteiger partial charge on any atom is -0.375 e. The molecule has 1 heterocycles. The lowest BCUT2D eigenvalue weighted by Crippen LogP contribution is -2.50. The Labute approximate surface area is 106 Å². The van der Waals surface area contributed by atoms with Gasteiger partial charge in [0, 0.05) is 31.8 Å². The summed E-state index contributed by atoms with van der Waals surface area (Å²) in [6.45, 7) is 10.8. The highest BCUT2D eigenvalue weighted by Gasteiger charge is 2.30. The first-order valence-corrected chi connectivity index (χ1v) is 7.21. The molecule has 3 nitrogen and oxygen atoms in total. The summed E-state index contributed by atoms with van der Waals surface area (Å²) in [7, 11) is 0. The van der Waals surface area contributed by atoms with E-state index >= 15 is 0 Å². The normalized spacial score (nSPS) is 27.4. The van der Waals surface area contributed by atoms with E-state index in [1.54, 1.807) is 0 Å². The van der Waals surface area contributed by atoms with Gasteiger partial charge in [-0.25, -0.2) is 0 Å². The predicted octanol–water partition coefficient (Wildman–Crippen LogP) is 2.02. The summed E-state index contributed by atoms with van der Waals surface area (Å²) in [5, 5.41) is 3.76. The molecule has 1 aliphatic carbocycles. The second-order valence-electron chi connectivity index (χ2n) is 6.21. The molecule has 1 saturated heterocycles. The topological polar surface area (TPSA) is 24.5 Å². The molecule has 17 heavy (non-hydrogen) atoms. The van der Waals surface area contributed by atoms with Crippen LogP contribution in [0.15, 0.2) is 0 Å². The molecule has 1 aliphatic heterocycles. The Bertz CT molecular complexity index is 238. The van der Waals surface area contributed by atoms with E-state index in [2.05, 4.69) is 31.0 Å². The van der Waals surface area contributed by atoms with Crippen molar-refractivity contribution in [2.45, 2.75) is 64.1 Å². The molecule has 2 fully saturated rings. The molecule has 0 aromatic rings. The SMILES string of the molecule is CCOC(C)(C)CN1CCCC(NC2CC2)C1. The van der Waals surface area contributed by atoms with Gasteiger partial charge in [0.25, 0.3) is 0 Å². The monoisotopic (exact) mass is 240 g/mol. The minimum atomic E-state index is -0.00375. The fourth-order valence-electron chi connectivity index (χ4n) is 2.89. The van der Waals surface area contributed by atoms with Gasteiger partial charge in [-0.1, -0.05) is 0 Å². The van der Waals surface area contributed by atoms with Crippen LogP contribution in [-0.2, 0) is 4.74 Å². The Balaban J connectivity index is 1.75. The molecule has 3 heteroatoms. The van der Waals surface area contributed by atoms with Crippen LogP contribution in [0.3, 0.4) is 0 Å². The molecule has 0 aromatic carbocycles. The maximum Gasteiger partial charge on any atom is 0.0752 e. The van der Waals surface area contributed by atoms with Gasteiger partial charge < -0.3 is 10.1 Å². The smallest absolute Gasteiger partial charge is 0.0752 e. The summed E-state index contributed by atoms with van der Waals surface area (Å²) in [6.07, 6.45) is 5.45. The Kier molecular flexibility index (Phi) is 4.45. The van der Waals surface area contributed by atoms with Crippen molar-refractivity contribution in [2.24, 2.45) is 0 Å². The number of rotatable bonds is 6. The van der Waals surface area contributed by atoms with Gasteiger partial charge in [0.05, 0.1) is 5.60 Å². The average molecular weight is 240 g/mol. The fraction of sp³-hybridized carbons (Fsp3) is 1.00. The van der Waals surface area contributed by atoms with E-state index < -0.39 is 0 Å². The standard InChI is InChI=1S/C14H28N2O/c1-4-17-14(2,3)11-16-9-5-6-13(10-16)15-12-7-8-12/h12-13,15H,4-11H2,1-3H3. The second-order valence-corrected chi connectivity index (χ2v) is 6.21. The lowest BCUT2D eigenvalue weighted by Gasteiger charge is -2.38. The fourth-order valence-corrected chi connectivity index (χ4v) is 2.89. The van der Waals surface area contributed by atoms with Crippen molar-refractivity contribution in [1.82, 2.24) is 10.2 Å². The van der Waals surface area contributed by atoms with E-state index in [-0.39, 0.29) is 5.60 Å². The third kappa shape index (κ3) is 4.57. The molecule has 1 N–H and O–H groups in total. The number of piperidine rings is 1. The van der Waals surface area contributed by atoms with Crippen LogP contribution in [0.4, 0.5) is 0 Å². The minimum absolute atomic E-state index is 0.00375. The number of nitrogens with zero attached hydrogens (tertiary/aromatic N) is 1. The van der Waals surface area contributed by atoms with Gasteiger partial charge in [-0.05, 0) is 53.0 Å². The van der Waals surface area contributed by atoms with Gasteiger partial charge in [0.1, 0.15) is 0 Å². The third-order valence-electron chi connectivity index (χ3n) is 3.69. The molecule has 1 unspecified atom stereocenters. The Morgan fingerprint density at radius 2 is 2.00 bits per heavy atom. The number of ether oxygens (including phenoxy) is 1. The van der Waals surface area contributed by atoms with Gasteiger partial charge in [0.2, 0.25) is 0 Å². The van der Waals surface area contributed by atoms with Crippen LogP contribution in [0.5, 0.6) is 0 Å². The summed E-state index contributed by atoms with van der Waals surface area (Å²) in [5.74, 6) is 0. The first-order chi connectivity index (χ1) is 8.09. The van der Waals surface area contributed by atoms with E-state index in [0.717, 1.165) is 19.2 Å². The summed E-state index contributed by atoms with van der Waals surface area (Å²) < 4.78 is 5.80. The molecule has 1 atom stereocenters. The van der Waals surface area contributed by atoms with Crippen molar-refractivity contribution in [3.05, 3.63) is 0 Å². The largest absolute Gasteiger partial charge is 0.375 e. The Morgan fingerprint density at radius 1 is 1.24 bits per heavy atom. The maximum atomic E-state index is 5.80. The van der Waals surface area contributed by atoms with Crippen molar-refractivity contribution >= 4 is 0 Å². The zero-order valence-electron chi connectivity index (χ0n) is 11.7. The summed E-state index contributed by atoms with van der Waals surface area (Å²) in [5.41, 5.74) is -0.00375. The first-order valence-electron chi connectivity index (χ1n) is 7.21. The molecule has 0 amide bonds. The molecule has 0 radical (unpaired) electrons. The Hall–Kier alpha value is -0.120. The van der Waals surface area contributed by atoms with Crippen molar-refractivity contribution in [3.8, 4) is 0 Å². The van der Waals surface area contributed by atoms with E-state index in [4.69, 9.17) is 4.74 Å². The van der Waals surface area contributed by atoms with Crippen LogP contribution < -0.4 is 5.32 Å². The molecular weight excluding hydrogens is 212 g/mol. The molecule has 0 spiro atoms. The molecule has 0 aromatic heterocycles. The predicted molar refractivity (Wildman–Crippen MR) is 71.3 cm³/mol. The van der Waals surface area contributed by atoms with Gasteiger partial charge in [-0.2, -0.15) is 0 Å². The molecular formula is C14H28N2O. The average Bonchev–Trinajstić information content (AvgIpc) is 3.01. The number of hydrogen-bond acceptors (Lipinski definition) is 3. The van der Waals surface area contributed by atoms with Crippen LogP contribution >= 0.6 is 0 Å². The van der Waals surface area contributed by atoms with E-state index in [1.165, 1.54) is 38.8 Å². The highest BCUT2D eigenvalue weighted by Crippen LogP contribution is 2.22. The van der Waals surface area contributed by atoms with E-state index in [9.17, 15) is 0 Å². The highest BCUT2D eigenvalue weighted by molar-refractivity contribution is 4.89. The number of likely N-dealkylation sites (tertiary alicyclic amines) is 1. The molecule has 100 valence electrons. The highest BCUT2D eigenvalue weighted by atomic mass is 16.5. The number of nitrogens with one attached hydrogen (secondary N) is 1. The van der Waals surface area contributed by atoms with Crippen LogP contribution in [0, 0.1) is 0 Å². The second kappa shape index (κ2) is 5.68. The van der Waals surface area contributed by atoms with Crippen molar-refractivity contribution in [1.29, 1.82) is 0 Å². The first kappa shape index (κ1) is 13.3. The lowest BCUT2D eigenvalue weighted by molar-refractivity contribution is -0.0390. The zero-order chi connectivity index (χ0) is 12.3. The van der Waals surface area contributed by atoms with Gasteiger partial charge >= 0.3 is 0 Å². The van der Waals surface area contributed by atoms with Crippen LogP contribution in [-0.4, -0.2) is 48.8 Å². The van der Waals surface area contributed by atoms with E-state index in [1.807, 2.05) is 0 Å². The number of hydrogen-bond donors (Lipinski definition) is 1. The summed E-state index contributed by atoms with van der Waals surface area (Å²) >= 11 is 0. The molecule has 0 bridgehead atoms. The summed E-state index contributed by atoms with van der Waals surface area (Å²) in [4.78, 5) is 2.57. The quantitative estimate of drug-likeness (QED) is 0.769. The van der Waals surface area contributed by atoms with Crippen molar-refractivity contribution < 1.29 is 4.74 Å². The van der Waals surface area contributed by atoms with Crippen molar-refractivity contribution in [2.75, 3.05) is 26.2 Å². The zero-order valence-corrected chi connectivity index (χ0v) is 11.7. The van der Waals surface area contributed by atoms with Gasteiger partial charge in [-0.3, -0.25) is 4.90 Å². The van der Waals surface area contributed by atoms with E-state index in [0.29, 0.717) is 6.04 Å². The van der Waals surface area contributed by atoms with Crippen LogP contribution in [0.25, 0.3) is 0 Å². The van der Waals surface area contributed by atoms with Crippen molar-refractivity contribution in [3.63, 3.8) is 0 Å². The third-order valence-corrected chi connectivity index (χ3v) is 3.69. The van der Waals surface area contributed by atoms with Gasteiger partial charge in [0.15, 0.2) is 0 Å². The molecule has 2 aliphatic rings. The Morgan fingerprint density at radius 3 is 2.65 bits per heavy atom.